The number of aromatic nitrogens is 2. The molecule has 0 radical (unpaired) electrons. The molecule has 8 nitrogen and oxygen atoms in total. The number of benzene rings is 4. The van der Waals surface area contributed by atoms with Crippen LogP contribution in [-0.4, -0.2) is 28.4 Å². The van der Waals surface area contributed by atoms with Crippen LogP contribution in [0.4, 0.5) is 5.69 Å². The Morgan fingerprint density at radius 2 is 1.74 bits per heavy atom. The number of carbonyl (C=O) groups is 1. The number of fused-ring (bicyclic) bond motifs is 2. The van der Waals surface area contributed by atoms with Crippen LogP contribution in [0.25, 0.3) is 33.5 Å². The number of para-hydroxylation sites is 1. The Hall–Kier alpha value is -4.63. The molecular weight excluding hydrogens is 599 g/mol. The van der Waals surface area contributed by atoms with Gasteiger partial charge in [-0.3, -0.25) is 9.59 Å². The highest BCUT2D eigenvalue weighted by atomic mass is 35.5. The van der Waals surface area contributed by atoms with Crippen LogP contribution in [0.15, 0.2) is 105 Å². The highest BCUT2D eigenvalue weighted by molar-refractivity contribution is 6.32. The van der Waals surface area contributed by atoms with E-state index in [-0.39, 0.29) is 28.9 Å². The molecule has 6 rings (SSSR count). The van der Waals surface area contributed by atoms with Gasteiger partial charge >= 0.3 is 0 Å². The lowest BCUT2D eigenvalue weighted by Crippen LogP contribution is -2.20. The zero-order chi connectivity index (χ0) is 29.2. The van der Waals surface area contributed by atoms with Crippen molar-refractivity contribution in [3.63, 3.8) is 0 Å². The van der Waals surface area contributed by atoms with Crippen LogP contribution in [0, 0.1) is 0 Å². The van der Waals surface area contributed by atoms with Gasteiger partial charge in [0.05, 0.1) is 22.1 Å². The van der Waals surface area contributed by atoms with Crippen LogP contribution in [-0.2, 0) is 4.79 Å². The molecule has 6 aromatic rings. The van der Waals surface area contributed by atoms with Crippen LogP contribution in [0.1, 0.15) is 5.56 Å². The first-order valence-electron chi connectivity index (χ1n) is 12.6. The molecule has 0 fully saturated rings. The minimum absolute atomic E-state index is 0.222. The average molecular weight is 618 g/mol. The van der Waals surface area contributed by atoms with E-state index >= 15 is 0 Å². The van der Waals surface area contributed by atoms with E-state index in [1.54, 1.807) is 91.0 Å². The van der Waals surface area contributed by atoms with Crippen LogP contribution in [0.3, 0.4) is 0 Å². The summed E-state index contributed by atoms with van der Waals surface area (Å²) in [6.45, 7) is -0.250. The predicted octanol–water partition coefficient (Wildman–Crippen LogP) is 7.67. The lowest BCUT2D eigenvalue weighted by Gasteiger charge is -2.10. The van der Waals surface area contributed by atoms with E-state index in [0.29, 0.717) is 49.3 Å². The Kier molecular flexibility index (Phi) is 7.67. The largest absolute Gasteiger partial charge is 0.482 e. The molecule has 0 aliphatic heterocycles. The summed E-state index contributed by atoms with van der Waals surface area (Å²) in [5, 5.41) is 9.71. The number of nitrogens with zero attached hydrogens (tertiary/aromatic N) is 3. The average Bonchev–Trinajstić information content (AvgIpc) is 3.40. The fourth-order valence-corrected chi connectivity index (χ4v) is 4.78. The summed E-state index contributed by atoms with van der Waals surface area (Å²) in [6.07, 6.45) is 1.48. The van der Waals surface area contributed by atoms with E-state index in [1.165, 1.54) is 10.9 Å². The molecular formula is C31H19Cl3N4O4. The van der Waals surface area contributed by atoms with E-state index in [9.17, 15) is 9.59 Å². The van der Waals surface area contributed by atoms with Gasteiger partial charge in [-0.05, 0) is 84.4 Å². The number of ether oxygens (including phenoxy) is 1. The molecule has 0 bridgehead atoms. The number of furan rings is 1. The molecule has 0 aliphatic carbocycles. The van der Waals surface area contributed by atoms with Gasteiger partial charge < -0.3 is 14.5 Å². The molecule has 42 heavy (non-hydrogen) atoms. The Morgan fingerprint density at radius 1 is 0.952 bits per heavy atom. The summed E-state index contributed by atoms with van der Waals surface area (Å²) in [5.41, 5.74) is 1.90. The van der Waals surface area contributed by atoms with E-state index < -0.39 is 0 Å². The van der Waals surface area contributed by atoms with Crippen molar-refractivity contribution >= 4 is 74.5 Å². The number of rotatable bonds is 7. The maximum absolute atomic E-state index is 13.5. The van der Waals surface area contributed by atoms with E-state index in [4.69, 9.17) is 44.0 Å². The van der Waals surface area contributed by atoms with Crippen molar-refractivity contribution in [2.24, 2.45) is 5.10 Å². The fraction of sp³-hybridized carbons (Fsp3) is 0.0323. The first kappa shape index (κ1) is 27.5. The molecule has 1 N–H and O–H groups in total. The zero-order valence-corrected chi connectivity index (χ0v) is 23.8. The highest BCUT2D eigenvalue weighted by Crippen LogP contribution is 2.29. The fourth-order valence-electron chi connectivity index (χ4n) is 4.23. The molecule has 0 spiro atoms. The predicted molar refractivity (Wildman–Crippen MR) is 166 cm³/mol. The second kappa shape index (κ2) is 11.7. The third-order valence-corrected chi connectivity index (χ3v) is 7.00. The maximum Gasteiger partial charge on any atom is 0.282 e. The van der Waals surface area contributed by atoms with Gasteiger partial charge in [0.25, 0.3) is 11.5 Å². The van der Waals surface area contributed by atoms with E-state index in [1.807, 2.05) is 0 Å². The number of nitrogens with one attached hydrogen (secondary N) is 1. The van der Waals surface area contributed by atoms with Crippen molar-refractivity contribution in [3.05, 3.63) is 122 Å². The summed E-state index contributed by atoms with van der Waals surface area (Å²) < 4.78 is 12.8. The summed E-state index contributed by atoms with van der Waals surface area (Å²) in [6, 6.07) is 25.6. The van der Waals surface area contributed by atoms with Gasteiger partial charge in [0.15, 0.2) is 12.4 Å². The van der Waals surface area contributed by atoms with E-state index in [2.05, 4.69) is 15.4 Å². The van der Waals surface area contributed by atoms with Crippen molar-refractivity contribution in [2.75, 3.05) is 11.9 Å². The molecule has 0 aliphatic rings. The van der Waals surface area contributed by atoms with Gasteiger partial charge in [0.2, 0.25) is 5.82 Å². The monoisotopic (exact) mass is 616 g/mol. The van der Waals surface area contributed by atoms with Gasteiger partial charge in [0, 0.05) is 21.1 Å². The maximum atomic E-state index is 13.5. The first-order valence-corrected chi connectivity index (χ1v) is 13.7. The molecule has 2 aromatic heterocycles. The number of carbonyl (C=O) groups excluding carboxylic acids is 1. The van der Waals surface area contributed by atoms with Gasteiger partial charge in [-0.2, -0.15) is 9.78 Å². The molecule has 0 saturated heterocycles. The quantitative estimate of drug-likeness (QED) is 0.185. The van der Waals surface area contributed by atoms with Crippen LogP contribution >= 0.6 is 34.8 Å². The molecule has 0 unspecified atom stereocenters. The Morgan fingerprint density at radius 3 is 2.55 bits per heavy atom. The number of amides is 1. The molecule has 0 saturated carbocycles. The Bertz CT molecular complexity index is 2050. The minimum atomic E-state index is -0.372. The van der Waals surface area contributed by atoms with Crippen molar-refractivity contribution in [1.29, 1.82) is 0 Å². The summed E-state index contributed by atoms with van der Waals surface area (Å²) in [5.74, 6) is 0.528. The topological polar surface area (TPSA) is 98.7 Å². The molecule has 4 aromatic carbocycles. The molecule has 2 heterocycles. The second-order valence-electron chi connectivity index (χ2n) is 9.14. The Labute approximate surface area is 253 Å². The van der Waals surface area contributed by atoms with E-state index in [0.717, 1.165) is 5.39 Å². The highest BCUT2D eigenvalue weighted by Gasteiger charge is 2.17. The molecule has 208 valence electrons. The van der Waals surface area contributed by atoms with Crippen LogP contribution in [0.5, 0.6) is 5.75 Å². The normalized spacial score (nSPS) is 11.4. The number of anilines is 1. The third kappa shape index (κ3) is 5.87. The van der Waals surface area contributed by atoms with Crippen molar-refractivity contribution in [2.45, 2.75) is 0 Å². The lowest BCUT2D eigenvalue weighted by molar-refractivity contribution is -0.118. The molecule has 11 heteroatoms. The SMILES string of the molecule is O=C(COc1ccc(C=Nn2c(-c3cc4cc(Cl)ccc4o3)nc3ccccc3c2=O)cc1Cl)Nc1ccc(Cl)cc1. The number of halogens is 3. The van der Waals surface area contributed by atoms with Crippen LogP contribution in [0.2, 0.25) is 15.1 Å². The van der Waals surface area contributed by atoms with Gasteiger partial charge in [0.1, 0.15) is 11.3 Å². The van der Waals surface area contributed by atoms with Crippen molar-refractivity contribution in [1.82, 2.24) is 9.66 Å². The summed E-state index contributed by atoms with van der Waals surface area (Å²) >= 11 is 18.4. The van der Waals surface area contributed by atoms with Gasteiger partial charge in [-0.1, -0.05) is 46.9 Å². The van der Waals surface area contributed by atoms with Gasteiger partial charge in [-0.15, -0.1) is 0 Å². The van der Waals surface area contributed by atoms with Crippen LogP contribution < -0.4 is 15.6 Å². The first-order chi connectivity index (χ1) is 20.3. The number of hydrogen-bond donors (Lipinski definition) is 1. The summed E-state index contributed by atoms with van der Waals surface area (Å²) in [4.78, 5) is 30.4. The summed E-state index contributed by atoms with van der Waals surface area (Å²) in [7, 11) is 0. The number of hydrogen-bond acceptors (Lipinski definition) is 6. The molecule has 1 amide bonds. The second-order valence-corrected chi connectivity index (χ2v) is 10.4. The minimum Gasteiger partial charge on any atom is -0.482 e. The smallest absolute Gasteiger partial charge is 0.282 e. The molecule has 0 atom stereocenters. The zero-order valence-electron chi connectivity index (χ0n) is 21.6. The lowest BCUT2D eigenvalue weighted by atomic mass is 10.2. The Balaban J connectivity index is 1.26. The third-order valence-electron chi connectivity index (χ3n) is 6.22. The van der Waals surface area contributed by atoms with Gasteiger partial charge in [-0.25, -0.2) is 4.98 Å². The standard InChI is InChI=1S/C31H19Cl3N4O4/c32-20-6-9-22(10-7-20)36-29(39)17-41-27-11-5-18(13-24(27)34)16-35-38-30(37-25-4-2-1-3-23(25)31(38)40)28-15-19-14-21(33)8-12-26(19)42-28/h1-16H,17H2,(H,36,39). The van der Waals surface area contributed by atoms with Crippen molar-refractivity contribution < 1.29 is 13.9 Å². The van der Waals surface area contributed by atoms with Crippen molar-refractivity contribution in [3.8, 4) is 17.3 Å².